The molecule has 0 spiro atoms. The lowest BCUT2D eigenvalue weighted by atomic mass is 9.75. The van der Waals surface area contributed by atoms with E-state index >= 15 is 0 Å². The molecule has 1 heterocycles. The van der Waals surface area contributed by atoms with E-state index in [1.165, 1.54) is 6.42 Å². The highest BCUT2D eigenvalue weighted by Gasteiger charge is 2.36. The van der Waals surface area contributed by atoms with Gasteiger partial charge in [-0.05, 0) is 43.8 Å². The number of aliphatic hydroxyl groups is 2. The Hall–Kier alpha value is 0.270. The summed E-state index contributed by atoms with van der Waals surface area (Å²) >= 11 is 1.83. The molecule has 13 heavy (non-hydrogen) atoms. The maximum absolute atomic E-state index is 9.87. The summed E-state index contributed by atoms with van der Waals surface area (Å²) in [4.78, 5) is 0. The van der Waals surface area contributed by atoms with Crippen LogP contribution in [0.4, 0.5) is 0 Å². The third kappa shape index (κ3) is 2.20. The molecule has 76 valence electrons. The number of aliphatic hydroxyl groups excluding tert-OH is 1. The van der Waals surface area contributed by atoms with E-state index in [2.05, 4.69) is 0 Å². The zero-order chi connectivity index (χ0) is 9.31. The summed E-state index contributed by atoms with van der Waals surface area (Å²) in [6.07, 6.45) is 4.92. The van der Waals surface area contributed by atoms with Crippen molar-refractivity contribution in [1.82, 2.24) is 0 Å². The summed E-state index contributed by atoms with van der Waals surface area (Å²) in [5.41, 5.74) is -0.354. The average Bonchev–Trinajstić information content (AvgIpc) is 2.44. The lowest BCUT2D eigenvalue weighted by Gasteiger charge is -2.37. The van der Waals surface area contributed by atoms with Crippen LogP contribution < -0.4 is 0 Å². The Morgan fingerprint density at radius 2 is 2.08 bits per heavy atom. The van der Waals surface area contributed by atoms with Gasteiger partial charge < -0.3 is 10.2 Å². The van der Waals surface area contributed by atoms with Crippen LogP contribution in [0.25, 0.3) is 0 Å². The van der Waals surface area contributed by atoms with Gasteiger partial charge in [0.25, 0.3) is 0 Å². The van der Waals surface area contributed by atoms with Crippen LogP contribution in [-0.2, 0) is 0 Å². The van der Waals surface area contributed by atoms with Crippen molar-refractivity contribution in [2.45, 2.75) is 43.8 Å². The zero-order valence-electron chi connectivity index (χ0n) is 7.91. The van der Waals surface area contributed by atoms with Gasteiger partial charge >= 0.3 is 0 Å². The van der Waals surface area contributed by atoms with Gasteiger partial charge in [0, 0.05) is 5.75 Å². The Bertz CT molecular complexity index is 180. The molecule has 0 aromatic carbocycles. The molecule has 0 bridgehead atoms. The van der Waals surface area contributed by atoms with Gasteiger partial charge in [-0.3, -0.25) is 0 Å². The van der Waals surface area contributed by atoms with E-state index in [0.29, 0.717) is 5.92 Å². The maximum atomic E-state index is 9.87. The molecular formula is C10H18O2S. The van der Waals surface area contributed by atoms with Gasteiger partial charge in [0.1, 0.15) is 0 Å². The topological polar surface area (TPSA) is 40.5 Å². The van der Waals surface area contributed by atoms with Crippen molar-refractivity contribution in [3.8, 4) is 0 Å². The van der Waals surface area contributed by atoms with Crippen molar-refractivity contribution in [2.24, 2.45) is 5.92 Å². The minimum atomic E-state index is -0.354. The zero-order valence-corrected chi connectivity index (χ0v) is 8.72. The van der Waals surface area contributed by atoms with E-state index < -0.39 is 0 Å². The first kappa shape index (κ1) is 9.81. The molecule has 2 N–H and O–H groups in total. The highest BCUT2D eigenvalue weighted by molar-refractivity contribution is 7.99. The first-order valence-corrected chi connectivity index (χ1v) is 6.33. The van der Waals surface area contributed by atoms with Gasteiger partial charge in [-0.2, -0.15) is 11.8 Å². The molecule has 1 saturated heterocycles. The monoisotopic (exact) mass is 202 g/mol. The summed E-state index contributed by atoms with van der Waals surface area (Å²) in [6.45, 7) is 0. The van der Waals surface area contributed by atoms with Crippen molar-refractivity contribution >= 4 is 11.8 Å². The first-order chi connectivity index (χ1) is 6.20. The third-order valence-electron chi connectivity index (χ3n) is 3.43. The number of rotatable bonds is 3. The van der Waals surface area contributed by atoms with Crippen molar-refractivity contribution in [3.63, 3.8) is 0 Å². The Labute approximate surface area is 83.7 Å². The fraction of sp³-hybridized carbons (Fsp3) is 1.00. The van der Waals surface area contributed by atoms with Crippen LogP contribution in [0.3, 0.4) is 0 Å². The van der Waals surface area contributed by atoms with Crippen molar-refractivity contribution < 1.29 is 10.2 Å². The molecule has 0 amide bonds. The second-order valence-electron chi connectivity index (χ2n) is 4.48. The molecule has 0 radical (unpaired) electrons. The molecule has 0 aromatic rings. The van der Waals surface area contributed by atoms with Crippen LogP contribution in [0.15, 0.2) is 0 Å². The van der Waals surface area contributed by atoms with E-state index in [1.807, 2.05) is 11.8 Å². The standard InChI is InChI=1S/C10H18O2S/c11-9-7-13-6-8(9)2-5-10(12)3-1-4-10/h8-9,11-12H,1-7H2. The molecule has 2 fully saturated rings. The van der Waals surface area contributed by atoms with Crippen LogP contribution in [0, 0.1) is 5.92 Å². The molecule has 2 unspecified atom stereocenters. The lowest BCUT2D eigenvalue weighted by Crippen LogP contribution is -2.37. The summed E-state index contributed by atoms with van der Waals surface area (Å²) in [5.74, 6) is 2.41. The smallest absolute Gasteiger partial charge is 0.0666 e. The van der Waals surface area contributed by atoms with Crippen LogP contribution in [-0.4, -0.2) is 33.4 Å². The SMILES string of the molecule is OC1CSCC1CCC1(O)CCC1. The van der Waals surface area contributed by atoms with Gasteiger partial charge in [-0.1, -0.05) is 0 Å². The average molecular weight is 202 g/mol. The highest BCUT2D eigenvalue weighted by atomic mass is 32.2. The fourth-order valence-corrected chi connectivity index (χ4v) is 3.49. The summed E-state index contributed by atoms with van der Waals surface area (Å²) in [5, 5.41) is 19.4. The normalized spacial score (nSPS) is 37.4. The maximum Gasteiger partial charge on any atom is 0.0666 e. The predicted octanol–water partition coefficient (Wildman–Crippen LogP) is 1.41. The number of hydrogen-bond donors (Lipinski definition) is 2. The van der Waals surface area contributed by atoms with E-state index in [9.17, 15) is 10.2 Å². The Morgan fingerprint density at radius 3 is 2.54 bits per heavy atom. The second-order valence-corrected chi connectivity index (χ2v) is 5.56. The molecule has 1 aliphatic carbocycles. The number of hydrogen-bond acceptors (Lipinski definition) is 3. The second kappa shape index (κ2) is 3.79. The van der Waals surface area contributed by atoms with E-state index in [-0.39, 0.29) is 11.7 Å². The summed E-state index contributed by atoms with van der Waals surface area (Å²) in [6, 6.07) is 0. The molecule has 2 rings (SSSR count). The molecule has 0 aromatic heterocycles. The van der Waals surface area contributed by atoms with Crippen molar-refractivity contribution in [3.05, 3.63) is 0 Å². The molecule has 2 nitrogen and oxygen atoms in total. The van der Waals surface area contributed by atoms with Crippen molar-refractivity contribution in [2.75, 3.05) is 11.5 Å². The van der Waals surface area contributed by atoms with Gasteiger partial charge in [0.05, 0.1) is 11.7 Å². The minimum Gasteiger partial charge on any atom is -0.392 e. The largest absolute Gasteiger partial charge is 0.392 e. The van der Waals surface area contributed by atoms with Crippen molar-refractivity contribution in [1.29, 1.82) is 0 Å². The van der Waals surface area contributed by atoms with E-state index in [1.54, 1.807) is 0 Å². The lowest BCUT2D eigenvalue weighted by molar-refractivity contribution is -0.0468. The van der Waals surface area contributed by atoms with Gasteiger partial charge in [0.2, 0.25) is 0 Å². The third-order valence-corrected chi connectivity index (χ3v) is 4.67. The quantitative estimate of drug-likeness (QED) is 0.727. The summed E-state index contributed by atoms with van der Waals surface area (Å²) < 4.78 is 0. The highest BCUT2D eigenvalue weighted by Crippen LogP contribution is 2.38. The van der Waals surface area contributed by atoms with Crippen LogP contribution in [0.2, 0.25) is 0 Å². The Morgan fingerprint density at radius 1 is 1.31 bits per heavy atom. The first-order valence-electron chi connectivity index (χ1n) is 5.18. The van der Waals surface area contributed by atoms with Gasteiger partial charge in [-0.15, -0.1) is 0 Å². The van der Waals surface area contributed by atoms with Gasteiger partial charge in [0.15, 0.2) is 0 Å². The molecule has 3 heteroatoms. The molecular weight excluding hydrogens is 184 g/mol. The van der Waals surface area contributed by atoms with Crippen LogP contribution in [0.1, 0.15) is 32.1 Å². The van der Waals surface area contributed by atoms with Crippen LogP contribution >= 0.6 is 11.8 Å². The fourth-order valence-electron chi connectivity index (χ4n) is 2.15. The minimum absolute atomic E-state index is 0.117. The molecule has 1 aliphatic heterocycles. The summed E-state index contributed by atoms with van der Waals surface area (Å²) in [7, 11) is 0. The van der Waals surface area contributed by atoms with E-state index in [4.69, 9.17) is 0 Å². The Kier molecular flexibility index (Phi) is 2.86. The predicted molar refractivity (Wildman–Crippen MR) is 54.9 cm³/mol. The Balaban J connectivity index is 1.72. The molecule has 2 atom stereocenters. The molecule has 2 aliphatic rings. The van der Waals surface area contributed by atoms with E-state index in [0.717, 1.165) is 37.2 Å². The number of thioether (sulfide) groups is 1. The molecule has 1 saturated carbocycles. The van der Waals surface area contributed by atoms with Gasteiger partial charge in [-0.25, -0.2) is 0 Å². The van der Waals surface area contributed by atoms with Crippen LogP contribution in [0.5, 0.6) is 0 Å².